The van der Waals surface area contributed by atoms with E-state index in [9.17, 15) is 14.7 Å². The Morgan fingerprint density at radius 3 is 2.52 bits per heavy atom. The minimum atomic E-state index is -0.703. The first-order valence-corrected chi connectivity index (χ1v) is 6.90. The third-order valence-electron chi connectivity index (χ3n) is 3.34. The fraction of sp³-hybridized carbons (Fsp3) is 0.143. The number of aromatic amines is 1. The van der Waals surface area contributed by atoms with Crippen LogP contribution in [-0.2, 0) is 6.42 Å². The van der Waals surface area contributed by atoms with Crippen LogP contribution in [0.2, 0.25) is 10.0 Å². The van der Waals surface area contributed by atoms with E-state index in [2.05, 4.69) is 4.98 Å². The Morgan fingerprint density at radius 1 is 1.19 bits per heavy atom. The Balaban J connectivity index is 2.73. The van der Waals surface area contributed by atoms with Crippen molar-refractivity contribution in [2.24, 2.45) is 0 Å². The molecule has 3 rings (SSSR count). The number of pyridine rings is 1. The standard InChI is InChI=1S/C14H9Cl2NO4/c1-2-5-11(18)9-12(21-14(5)20)8-6(15)3-4-7(16)10(8)17-13(9)19/h3-4,18H,2H2,1H3,(H,17,19). The Hall–Kier alpha value is -1.98. The number of H-pyrrole nitrogens is 1. The van der Waals surface area contributed by atoms with E-state index in [0.717, 1.165) is 0 Å². The van der Waals surface area contributed by atoms with Crippen LogP contribution < -0.4 is 11.2 Å². The fourth-order valence-electron chi connectivity index (χ4n) is 2.33. The lowest BCUT2D eigenvalue weighted by Gasteiger charge is -2.08. The van der Waals surface area contributed by atoms with Crippen LogP contribution in [0, 0.1) is 0 Å². The summed E-state index contributed by atoms with van der Waals surface area (Å²) < 4.78 is 5.22. The van der Waals surface area contributed by atoms with Gasteiger partial charge in [0.1, 0.15) is 11.1 Å². The minimum Gasteiger partial charge on any atom is -0.506 e. The van der Waals surface area contributed by atoms with Gasteiger partial charge < -0.3 is 14.5 Å². The second-order valence-corrected chi connectivity index (χ2v) is 5.32. The Labute approximate surface area is 127 Å². The molecule has 21 heavy (non-hydrogen) atoms. The molecule has 5 nitrogen and oxygen atoms in total. The predicted molar refractivity (Wildman–Crippen MR) is 81.7 cm³/mol. The molecular weight excluding hydrogens is 317 g/mol. The zero-order chi connectivity index (χ0) is 15.3. The number of hydrogen-bond donors (Lipinski definition) is 2. The molecule has 0 bridgehead atoms. The van der Waals surface area contributed by atoms with E-state index in [1.54, 1.807) is 6.92 Å². The molecule has 0 saturated carbocycles. The van der Waals surface area contributed by atoms with Gasteiger partial charge in [-0.2, -0.15) is 0 Å². The van der Waals surface area contributed by atoms with Gasteiger partial charge in [0.05, 0.1) is 26.5 Å². The first-order chi connectivity index (χ1) is 9.95. The van der Waals surface area contributed by atoms with Crippen molar-refractivity contribution in [3.63, 3.8) is 0 Å². The molecule has 0 spiro atoms. The highest BCUT2D eigenvalue weighted by molar-refractivity contribution is 6.41. The van der Waals surface area contributed by atoms with Crippen LogP contribution in [0.25, 0.3) is 21.9 Å². The summed E-state index contributed by atoms with van der Waals surface area (Å²) in [4.78, 5) is 26.7. The van der Waals surface area contributed by atoms with Gasteiger partial charge in [0.25, 0.3) is 5.56 Å². The van der Waals surface area contributed by atoms with Gasteiger partial charge in [-0.15, -0.1) is 0 Å². The van der Waals surface area contributed by atoms with Crippen molar-refractivity contribution in [3.05, 3.63) is 48.5 Å². The second kappa shape index (κ2) is 4.79. The molecule has 108 valence electrons. The monoisotopic (exact) mass is 325 g/mol. The number of aromatic nitrogens is 1. The summed E-state index contributed by atoms with van der Waals surface area (Å²) in [5.41, 5.74) is -1.07. The quantitative estimate of drug-likeness (QED) is 0.673. The maximum Gasteiger partial charge on any atom is 0.343 e. The summed E-state index contributed by atoms with van der Waals surface area (Å²) in [6, 6.07) is 3.04. The molecule has 0 amide bonds. The van der Waals surface area contributed by atoms with Gasteiger partial charge in [-0.05, 0) is 18.6 Å². The molecule has 0 saturated heterocycles. The molecule has 0 fully saturated rings. The maximum atomic E-state index is 12.2. The first-order valence-electron chi connectivity index (χ1n) is 6.14. The summed E-state index contributed by atoms with van der Waals surface area (Å²) in [5.74, 6) is -0.386. The molecule has 2 aromatic heterocycles. The predicted octanol–water partition coefficient (Wildman–Crippen LogP) is 3.21. The lowest BCUT2D eigenvalue weighted by molar-refractivity contribution is 0.458. The molecular formula is C14H9Cl2NO4. The average molecular weight is 326 g/mol. The molecule has 3 aromatic rings. The summed E-state index contributed by atoms with van der Waals surface area (Å²) in [6.45, 7) is 1.68. The lowest BCUT2D eigenvalue weighted by atomic mass is 10.1. The molecule has 2 heterocycles. The van der Waals surface area contributed by atoms with E-state index in [1.165, 1.54) is 12.1 Å². The van der Waals surface area contributed by atoms with Gasteiger partial charge in [0.15, 0.2) is 5.58 Å². The number of nitrogens with one attached hydrogen (secondary N) is 1. The van der Waals surface area contributed by atoms with Gasteiger partial charge in [-0.25, -0.2) is 4.79 Å². The van der Waals surface area contributed by atoms with Gasteiger partial charge >= 0.3 is 5.63 Å². The van der Waals surface area contributed by atoms with Crippen LogP contribution in [0.15, 0.2) is 26.1 Å². The molecule has 2 N–H and O–H groups in total. The third kappa shape index (κ3) is 1.92. The first kappa shape index (κ1) is 14.0. The third-order valence-corrected chi connectivity index (χ3v) is 3.97. The molecule has 0 radical (unpaired) electrons. The van der Waals surface area contributed by atoms with Gasteiger partial charge in [0, 0.05) is 0 Å². The zero-order valence-electron chi connectivity index (χ0n) is 10.8. The lowest BCUT2D eigenvalue weighted by Crippen LogP contribution is -2.13. The van der Waals surface area contributed by atoms with E-state index in [1.807, 2.05) is 0 Å². The van der Waals surface area contributed by atoms with Crippen molar-refractivity contribution < 1.29 is 9.52 Å². The van der Waals surface area contributed by atoms with Crippen LogP contribution in [0.1, 0.15) is 12.5 Å². The Bertz CT molecular complexity index is 1000. The molecule has 0 aliphatic rings. The number of aromatic hydroxyl groups is 1. The molecule has 0 unspecified atom stereocenters. The van der Waals surface area contributed by atoms with E-state index < -0.39 is 11.2 Å². The van der Waals surface area contributed by atoms with E-state index in [-0.39, 0.29) is 49.7 Å². The van der Waals surface area contributed by atoms with Crippen molar-refractivity contribution in [2.75, 3.05) is 0 Å². The Kier molecular flexibility index (Phi) is 3.19. The fourth-order valence-corrected chi connectivity index (χ4v) is 2.78. The molecule has 0 atom stereocenters. The minimum absolute atomic E-state index is 0.0468. The van der Waals surface area contributed by atoms with Crippen molar-refractivity contribution in [2.45, 2.75) is 13.3 Å². The summed E-state index contributed by atoms with van der Waals surface area (Å²) in [5, 5.41) is 10.9. The Morgan fingerprint density at radius 2 is 1.86 bits per heavy atom. The second-order valence-electron chi connectivity index (χ2n) is 4.51. The average Bonchev–Trinajstić information content (AvgIpc) is 2.42. The molecule has 7 heteroatoms. The van der Waals surface area contributed by atoms with E-state index in [4.69, 9.17) is 27.6 Å². The van der Waals surface area contributed by atoms with E-state index in [0.29, 0.717) is 0 Å². The van der Waals surface area contributed by atoms with Crippen LogP contribution in [0.5, 0.6) is 5.75 Å². The van der Waals surface area contributed by atoms with Crippen molar-refractivity contribution in [1.82, 2.24) is 4.98 Å². The number of halogens is 2. The van der Waals surface area contributed by atoms with Gasteiger partial charge in [0.2, 0.25) is 0 Å². The highest BCUT2D eigenvalue weighted by Gasteiger charge is 2.20. The van der Waals surface area contributed by atoms with Crippen LogP contribution >= 0.6 is 23.2 Å². The van der Waals surface area contributed by atoms with Crippen LogP contribution in [0.3, 0.4) is 0 Å². The normalized spacial score (nSPS) is 11.4. The molecule has 0 aliphatic carbocycles. The van der Waals surface area contributed by atoms with Gasteiger partial charge in [-0.3, -0.25) is 4.79 Å². The van der Waals surface area contributed by atoms with E-state index >= 15 is 0 Å². The number of hydrogen-bond acceptors (Lipinski definition) is 4. The van der Waals surface area contributed by atoms with Crippen LogP contribution in [-0.4, -0.2) is 10.1 Å². The maximum absolute atomic E-state index is 12.2. The topological polar surface area (TPSA) is 83.3 Å². The molecule has 0 aliphatic heterocycles. The van der Waals surface area contributed by atoms with Crippen molar-refractivity contribution in [1.29, 1.82) is 0 Å². The number of rotatable bonds is 1. The summed E-state index contributed by atoms with van der Waals surface area (Å²) >= 11 is 12.1. The zero-order valence-corrected chi connectivity index (χ0v) is 12.3. The van der Waals surface area contributed by atoms with Crippen molar-refractivity contribution in [3.8, 4) is 5.75 Å². The summed E-state index contributed by atoms with van der Waals surface area (Å²) in [6.07, 6.45) is 0.241. The van der Waals surface area contributed by atoms with Crippen molar-refractivity contribution >= 4 is 45.1 Å². The molecule has 1 aromatic carbocycles. The number of fused-ring (bicyclic) bond motifs is 3. The highest BCUT2D eigenvalue weighted by Crippen LogP contribution is 2.35. The summed E-state index contributed by atoms with van der Waals surface area (Å²) in [7, 11) is 0. The van der Waals surface area contributed by atoms with Crippen LogP contribution in [0.4, 0.5) is 0 Å². The highest BCUT2D eigenvalue weighted by atomic mass is 35.5. The van der Waals surface area contributed by atoms with Gasteiger partial charge in [-0.1, -0.05) is 30.1 Å². The largest absolute Gasteiger partial charge is 0.506 e. The smallest absolute Gasteiger partial charge is 0.343 e. The number of benzene rings is 1. The SMILES string of the molecule is CCc1c(O)c2c(=O)[nH]c3c(Cl)ccc(Cl)c3c2oc1=O.